The van der Waals surface area contributed by atoms with Gasteiger partial charge in [-0.15, -0.1) is 0 Å². The molecule has 1 aliphatic rings. The lowest BCUT2D eigenvalue weighted by molar-refractivity contribution is -0.140. The molecule has 0 heterocycles. The van der Waals surface area contributed by atoms with Crippen LogP contribution in [0.4, 0.5) is 0 Å². The fourth-order valence-electron chi connectivity index (χ4n) is 3.13. The fourth-order valence-corrected chi connectivity index (χ4v) is 4.68. The van der Waals surface area contributed by atoms with Gasteiger partial charge < -0.3 is 10.2 Å². The molecule has 1 fully saturated rings. The van der Waals surface area contributed by atoms with Crippen LogP contribution in [0, 0.1) is 0 Å². The third kappa shape index (κ3) is 3.25. The largest absolute Gasteiger partial charge is 0.508 e. The summed E-state index contributed by atoms with van der Waals surface area (Å²) in [4.78, 5) is 11.3. The molecule has 0 atom stereocenters. The first kappa shape index (κ1) is 16.8. The van der Waals surface area contributed by atoms with Crippen LogP contribution in [0.2, 0.25) is 0 Å². The molecule has 0 unspecified atom stereocenters. The van der Waals surface area contributed by atoms with E-state index in [9.17, 15) is 23.4 Å². The van der Waals surface area contributed by atoms with Gasteiger partial charge in [-0.25, -0.2) is 8.42 Å². The van der Waals surface area contributed by atoms with E-state index in [2.05, 4.69) is 0 Å². The molecule has 1 aromatic rings. The van der Waals surface area contributed by atoms with Gasteiger partial charge in [-0.3, -0.25) is 4.79 Å². The van der Waals surface area contributed by atoms with Crippen molar-refractivity contribution in [2.24, 2.45) is 0 Å². The van der Waals surface area contributed by atoms with Gasteiger partial charge in [0.1, 0.15) is 5.75 Å². The standard InChI is InChI=1S/C15H21NO5S/c1-16(15(11-14(18)19)9-3-2-4-10-15)22(20,21)13-7-5-12(17)6-8-13/h5-8,17H,2-4,9-11H2,1H3,(H,18,19). The molecule has 1 aromatic carbocycles. The minimum absolute atomic E-state index is 0.0143. The summed E-state index contributed by atoms with van der Waals surface area (Å²) in [6.07, 6.45) is 3.54. The smallest absolute Gasteiger partial charge is 0.305 e. The highest BCUT2D eigenvalue weighted by Gasteiger charge is 2.43. The summed E-state index contributed by atoms with van der Waals surface area (Å²) in [5.74, 6) is -1.01. The summed E-state index contributed by atoms with van der Waals surface area (Å²) in [6, 6.07) is 5.29. The SMILES string of the molecule is CN(C1(CC(=O)O)CCCCC1)S(=O)(=O)c1ccc(O)cc1. The molecule has 0 amide bonds. The van der Waals surface area contributed by atoms with Crippen molar-refractivity contribution in [2.45, 2.75) is 49.0 Å². The fraction of sp³-hybridized carbons (Fsp3) is 0.533. The molecule has 0 saturated heterocycles. The molecule has 7 heteroatoms. The molecule has 1 aliphatic carbocycles. The summed E-state index contributed by atoms with van der Waals surface area (Å²) in [5, 5.41) is 18.5. The van der Waals surface area contributed by atoms with Gasteiger partial charge in [0.25, 0.3) is 0 Å². The second-order valence-corrected chi connectivity index (χ2v) is 7.79. The number of phenols is 1. The highest BCUT2D eigenvalue weighted by atomic mass is 32.2. The van der Waals surface area contributed by atoms with Crippen LogP contribution >= 0.6 is 0 Å². The number of nitrogens with zero attached hydrogens (tertiary/aromatic N) is 1. The minimum atomic E-state index is -3.80. The van der Waals surface area contributed by atoms with Gasteiger partial charge >= 0.3 is 5.97 Å². The molecule has 6 nitrogen and oxygen atoms in total. The van der Waals surface area contributed by atoms with Crippen molar-refractivity contribution in [3.63, 3.8) is 0 Å². The number of rotatable bonds is 5. The van der Waals surface area contributed by atoms with Crippen LogP contribution in [0.5, 0.6) is 5.75 Å². The summed E-state index contributed by atoms with van der Waals surface area (Å²) in [6.45, 7) is 0. The quantitative estimate of drug-likeness (QED) is 0.864. The van der Waals surface area contributed by atoms with Crippen molar-refractivity contribution in [3.05, 3.63) is 24.3 Å². The van der Waals surface area contributed by atoms with Crippen LogP contribution in [0.3, 0.4) is 0 Å². The third-order valence-corrected chi connectivity index (χ3v) is 6.40. The number of carboxylic acid groups (broad SMARTS) is 1. The summed E-state index contributed by atoms with van der Waals surface area (Å²) < 4.78 is 26.8. The molecule has 122 valence electrons. The Morgan fingerprint density at radius 1 is 1.18 bits per heavy atom. The lowest BCUT2D eigenvalue weighted by Gasteiger charge is -2.42. The maximum Gasteiger partial charge on any atom is 0.305 e. The maximum atomic E-state index is 12.8. The van der Waals surface area contributed by atoms with E-state index >= 15 is 0 Å². The molecule has 1 saturated carbocycles. The average Bonchev–Trinajstić information content (AvgIpc) is 2.47. The van der Waals surface area contributed by atoms with Gasteiger partial charge in [-0.1, -0.05) is 19.3 Å². The first-order valence-corrected chi connectivity index (χ1v) is 8.72. The molecule has 2 N–H and O–H groups in total. The van der Waals surface area contributed by atoms with E-state index in [1.54, 1.807) is 0 Å². The maximum absolute atomic E-state index is 12.8. The van der Waals surface area contributed by atoms with Gasteiger partial charge in [-0.2, -0.15) is 4.31 Å². The van der Waals surface area contributed by atoms with E-state index in [1.165, 1.54) is 35.6 Å². The first-order valence-electron chi connectivity index (χ1n) is 7.28. The van der Waals surface area contributed by atoms with E-state index in [1.807, 2.05) is 0 Å². The summed E-state index contributed by atoms with van der Waals surface area (Å²) >= 11 is 0. The molecular formula is C15H21NO5S. The lowest BCUT2D eigenvalue weighted by atomic mass is 9.79. The summed E-state index contributed by atoms with van der Waals surface area (Å²) in [7, 11) is -2.35. The Bertz CT molecular complexity index is 632. The van der Waals surface area contributed by atoms with Gasteiger partial charge in [0.05, 0.1) is 11.3 Å². The number of carboxylic acids is 1. The van der Waals surface area contributed by atoms with Crippen LogP contribution in [0.1, 0.15) is 38.5 Å². The monoisotopic (exact) mass is 327 g/mol. The normalized spacial score (nSPS) is 18.3. The van der Waals surface area contributed by atoms with Gasteiger partial charge in [0.15, 0.2) is 0 Å². The predicted octanol–water partition coefficient (Wildman–Crippen LogP) is 2.19. The van der Waals surface area contributed by atoms with Crippen LogP contribution < -0.4 is 0 Å². The van der Waals surface area contributed by atoms with Crippen LogP contribution in [-0.4, -0.2) is 41.5 Å². The van der Waals surface area contributed by atoms with Crippen LogP contribution in [0.25, 0.3) is 0 Å². The van der Waals surface area contributed by atoms with Gasteiger partial charge in [0.2, 0.25) is 10.0 Å². The Morgan fingerprint density at radius 3 is 2.23 bits per heavy atom. The number of hydrogen-bond acceptors (Lipinski definition) is 4. The lowest BCUT2D eigenvalue weighted by Crippen LogP contribution is -2.51. The third-order valence-electron chi connectivity index (χ3n) is 4.43. The van der Waals surface area contributed by atoms with Crippen molar-refractivity contribution in [3.8, 4) is 5.75 Å². The Morgan fingerprint density at radius 2 is 1.73 bits per heavy atom. The second-order valence-electron chi connectivity index (χ2n) is 5.82. The zero-order valence-electron chi connectivity index (χ0n) is 12.5. The van der Waals surface area contributed by atoms with Gasteiger partial charge in [-0.05, 0) is 37.1 Å². The van der Waals surface area contributed by atoms with E-state index in [-0.39, 0.29) is 17.1 Å². The number of sulfonamides is 1. The van der Waals surface area contributed by atoms with Gasteiger partial charge in [0, 0.05) is 12.6 Å². The Kier molecular flexibility index (Phi) is 4.77. The van der Waals surface area contributed by atoms with Crippen molar-refractivity contribution in [1.82, 2.24) is 4.31 Å². The molecule has 0 radical (unpaired) electrons. The second kappa shape index (κ2) is 6.26. The number of carbonyl (C=O) groups is 1. The van der Waals surface area contributed by atoms with E-state index in [0.29, 0.717) is 12.8 Å². The zero-order valence-corrected chi connectivity index (χ0v) is 13.3. The van der Waals surface area contributed by atoms with E-state index in [4.69, 9.17) is 0 Å². The van der Waals surface area contributed by atoms with E-state index in [0.717, 1.165) is 19.3 Å². The van der Waals surface area contributed by atoms with Crippen LogP contribution in [0.15, 0.2) is 29.2 Å². The Balaban J connectivity index is 2.38. The highest BCUT2D eigenvalue weighted by Crippen LogP contribution is 2.38. The van der Waals surface area contributed by atoms with Crippen molar-refractivity contribution < 1.29 is 23.4 Å². The molecule has 2 rings (SSSR count). The Hall–Kier alpha value is -1.60. The van der Waals surface area contributed by atoms with Crippen molar-refractivity contribution >= 4 is 16.0 Å². The highest BCUT2D eigenvalue weighted by molar-refractivity contribution is 7.89. The molecule has 22 heavy (non-hydrogen) atoms. The number of hydrogen-bond donors (Lipinski definition) is 2. The predicted molar refractivity (Wildman–Crippen MR) is 81.1 cm³/mol. The van der Waals surface area contributed by atoms with Crippen LogP contribution in [-0.2, 0) is 14.8 Å². The number of phenolic OH excluding ortho intramolecular Hbond substituents is 1. The molecule has 0 bridgehead atoms. The number of aliphatic carboxylic acids is 1. The number of aromatic hydroxyl groups is 1. The van der Waals surface area contributed by atoms with Crippen molar-refractivity contribution in [2.75, 3.05) is 7.05 Å². The molecule has 0 aromatic heterocycles. The molecule has 0 aliphatic heterocycles. The zero-order chi connectivity index (χ0) is 16.4. The minimum Gasteiger partial charge on any atom is -0.508 e. The topological polar surface area (TPSA) is 94.9 Å². The van der Waals surface area contributed by atoms with E-state index < -0.39 is 21.5 Å². The first-order chi connectivity index (χ1) is 10.3. The average molecular weight is 327 g/mol. The Labute approximate surface area is 130 Å². The molecule has 0 spiro atoms. The van der Waals surface area contributed by atoms with Crippen molar-refractivity contribution in [1.29, 1.82) is 0 Å². The summed E-state index contributed by atoms with van der Waals surface area (Å²) in [5.41, 5.74) is -0.874. The molecular weight excluding hydrogens is 306 g/mol. The number of benzene rings is 1.